The number of benzene rings is 1. The number of aromatic nitrogens is 3. The van der Waals surface area contributed by atoms with Gasteiger partial charge in [0, 0.05) is 22.7 Å². The monoisotopic (exact) mass is 428 g/mol. The lowest BCUT2D eigenvalue weighted by molar-refractivity contribution is 0.573. The average Bonchev–Trinajstić information content (AvgIpc) is 3.42. The molecule has 4 rings (SSSR count). The van der Waals surface area contributed by atoms with E-state index in [1.165, 1.54) is 16.0 Å². The van der Waals surface area contributed by atoms with E-state index in [-0.39, 0.29) is 0 Å². The summed E-state index contributed by atoms with van der Waals surface area (Å²) in [7, 11) is 0. The van der Waals surface area contributed by atoms with Gasteiger partial charge < -0.3 is 9.73 Å². The molecule has 28 heavy (non-hydrogen) atoms. The Hall–Kier alpha value is -2.16. The quantitative estimate of drug-likeness (QED) is 0.357. The molecule has 0 bridgehead atoms. The minimum atomic E-state index is 0.668. The third kappa shape index (κ3) is 4.81. The van der Waals surface area contributed by atoms with Crippen molar-refractivity contribution in [2.75, 3.05) is 11.9 Å². The predicted octanol–water partition coefficient (Wildman–Crippen LogP) is 5.82. The van der Waals surface area contributed by atoms with E-state index in [4.69, 9.17) is 4.42 Å². The lowest BCUT2D eigenvalue weighted by atomic mass is 10.1. The summed E-state index contributed by atoms with van der Waals surface area (Å²) in [5, 5.41) is 14.8. The van der Waals surface area contributed by atoms with Crippen molar-refractivity contribution < 1.29 is 4.42 Å². The van der Waals surface area contributed by atoms with Gasteiger partial charge in [-0.25, -0.2) is 4.98 Å². The second-order valence-corrected chi connectivity index (χ2v) is 9.61. The van der Waals surface area contributed by atoms with Gasteiger partial charge in [-0.15, -0.1) is 21.5 Å². The van der Waals surface area contributed by atoms with Crippen molar-refractivity contribution >= 4 is 39.6 Å². The van der Waals surface area contributed by atoms with Crippen LogP contribution in [-0.2, 0) is 12.2 Å². The molecule has 0 aliphatic carbocycles. The average molecular weight is 429 g/mol. The van der Waals surface area contributed by atoms with Crippen molar-refractivity contribution in [3.05, 3.63) is 63.7 Å². The van der Waals surface area contributed by atoms with Gasteiger partial charge in [-0.3, -0.25) is 0 Å². The van der Waals surface area contributed by atoms with E-state index in [0.717, 1.165) is 33.7 Å². The summed E-state index contributed by atoms with van der Waals surface area (Å²) in [6.07, 6.45) is 2.72. The number of hydrogen-bond acceptors (Lipinski definition) is 8. The smallest absolute Gasteiger partial charge is 0.226 e. The standard InChI is InChI=1S/C20H20N4OS3/c1-13-5-6-17(14(2)10-13)18-22-15(11-25-18)12-27-20-24-23-19(28-20)21-8-7-16-4-3-9-26-16/h3-6,9-11H,7-8,12H2,1-2H3,(H,21,23). The summed E-state index contributed by atoms with van der Waals surface area (Å²) < 4.78 is 6.61. The van der Waals surface area contributed by atoms with Gasteiger partial charge >= 0.3 is 0 Å². The number of thiophene rings is 1. The molecule has 0 fully saturated rings. The van der Waals surface area contributed by atoms with Crippen molar-refractivity contribution in [2.45, 2.75) is 30.4 Å². The number of oxazole rings is 1. The molecule has 0 atom stereocenters. The summed E-state index contributed by atoms with van der Waals surface area (Å²) in [4.78, 5) is 6.00. The molecule has 0 saturated heterocycles. The number of hydrogen-bond donors (Lipinski definition) is 1. The first-order valence-electron chi connectivity index (χ1n) is 8.92. The minimum absolute atomic E-state index is 0.668. The lowest BCUT2D eigenvalue weighted by Gasteiger charge is -2.02. The highest BCUT2D eigenvalue weighted by atomic mass is 32.2. The van der Waals surface area contributed by atoms with Crippen LogP contribution in [0.25, 0.3) is 11.5 Å². The van der Waals surface area contributed by atoms with Gasteiger partial charge in [0.15, 0.2) is 4.34 Å². The van der Waals surface area contributed by atoms with Crippen molar-refractivity contribution in [3.8, 4) is 11.5 Å². The molecule has 0 aliphatic rings. The zero-order valence-electron chi connectivity index (χ0n) is 15.6. The Kier molecular flexibility index (Phi) is 6.09. The fourth-order valence-electron chi connectivity index (χ4n) is 2.77. The molecular weight excluding hydrogens is 408 g/mol. The third-order valence-electron chi connectivity index (χ3n) is 4.14. The molecule has 1 N–H and O–H groups in total. The Morgan fingerprint density at radius 3 is 2.93 bits per heavy atom. The molecule has 144 valence electrons. The topological polar surface area (TPSA) is 63.8 Å². The van der Waals surface area contributed by atoms with Crippen LogP contribution < -0.4 is 5.32 Å². The molecule has 5 nitrogen and oxygen atoms in total. The van der Waals surface area contributed by atoms with Gasteiger partial charge in [0.25, 0.3) is 0 Å². The molecular formula is C20H20N4OS3. The van der Waals surface area contributed by atoms with Crippen molar-refractivity contribution in [1.82, 2.24) is 15.2 Å². The van der Waals surface area contributed by atoms with Crippen LogP contribution in [0.15, 0.2) is 50.7 Å². The molecule has 1 aromatic carbocycles. The first kappa shape index (κ1) is 19.2. The number of nitrogens with zero attached hydrogens (tertiary/aromatic N) is 3. The largest absolute Gasteiger partial charge is 0.444 e. The SMILES string of the molecule is Cc1ccc(-c2nc(CSc3nnc(NCCc4cccs4)s3)co2)c(C)c1. The van der Waals surface area contributed by atoms with Gasteiger partial charge in [-0.1, -0.05) is 46.9 Å². The Balaban J connectivity index is 1.30. The number of aryl methyl sites for hydroxylation is 2. The highest BCUT2D eigenvalue weighted by Gasteiger charge is 2.11. The summed E-state index contributed by atoms with van der Waals surface area (Å²) in [5.74, 6) is 1.37. The van der Waals surface area contributed by atoms with Gasteiger partial charge in [-0.2, -0.15) is 0 Å². The normalized spacial score (nSPS) is 11.1. The second kappa shape index (κ2) is 8.89. The van der Waals surface area contributed by atoms with E-state index < -0.39 is 0 Å². The van der Waals surface area contributed by atoms with E-state index >= 15 is 0 Å². The molecule has 0 saturated carbocycles. The molecule has 3 heterocycles. The fraction of sp³-hybridized carbons (Fsp3) is 0.250. The highest BCUT2D eigenvalue weighted by Crippen LogP contribution is 2.30. The van der Waals surface area contributed by atoms with Gasteiger partial charge in [0.1, 0.15) is 6.26 Å². The maximum absolute atomic E-state index is 5.69. The van der Waals surface area contributed by atoms with Crippen LogP contribution >= 0.6 is 34.4 Å². The van der Waals surface area contributed by atoms with Crippen molar-refractivity contribution in [1.29, 1.82) is 0 Å². The Morgan fingerprint density at radius 1 is 1.18 bits per heavy atom. The lowest BCUT2D eigenvalue weighted by Crippen LogP contribution is -2.03. The van der Waals surface area contributed by atoms with Crippen LogP contribution in [0.3, 0.4) is 0 Å². The summed E-state index contributed by atoms with van der Waals surface area (Å²) in [5.41, 5.74) is 4.35. The van der Waals surface area contributed by atoms with Crippen LogP contribution in [0, 0.1) is 13.8 Å². The first-order valence-corrected chi connectivity index (χ1v) is 11.6. The zero-order valence-corrected chi connectivity index (χ0v) is 18.1. The third-order valence-corrected chi connectivity index (χ3v) is 7.13. The van der Waals surface area contributed by atoms with E-state index in [0.29, 0.717) is 11.6 Å². The Bertz CT molecular complexity index is 1040. The minimum Gasteiger partial charge on any atom is -0.444 e. The first-order chi connectivity index (χ1) is 13.7. The molecule has 4 aromatic rings. The van der Waals surface area contributed by atoms with Crippen LogP contribution in [0.2, 0.25) is 0 Å². The van der Waals surface area contributed by atoms with Gasteiger partial charge in [0.05, 0.1) is 5.69 Å². The summed E-state index contributed by atoms with van der Waals surface area (Å²) in [6, 6.07) is 10.5. The molecule has 8 heteroatoms. The van der Waals surface area contributed by atoms with Crippen molar-refractivity contribution in [2.24, 2.45) is 0 Å². The Labute approximate surface area is 176 Å². The van der Waals surface area contributed by atoms with E-state index in [1.54, 1.807) is 40.7 Å². The maximum Gasteiger partial charge on any atom is 0.226 e. The van der Waals surface area contributed by atoms with E-state index in [1.807, 2.05) is 0 Å². The Morgan fingerprint density at radius 2 is 2.11 bits per heavy atom. The maximum atomic E-state index is 5.69. The van der Waals surface area contributed by atoms with E-state index in [2.05, 4.69) is 70.1 Å². The molecule has 0 radical (unpaired) electrons. The highest BCUT2D eigenvalue weighted by molar-refractivity contribution is 8.00. The summed E-state index contributed by atoms with van der Waals surface area (Å²) in [6.45, 7) is 5.03. The van der Waals surface area contributed by atoms with Crippen molar-refractivity contribution in [3.63, 3.8) is 0 Å². The van der Waals surface area contributed by atoms with Gasteiger partial charge in [0.2, 0.25) is 11.0 Å². The van der Waals surface area contributed by atoms with Crippen LogP contribution in [-0.4, -0.2) is 21.7 Å². The van der Waals surface area contributed by atoms with Crippen LogP contribution in [0.5, 0.6) is 0 Å². The number of anilines is 1. The molecule has 0 aliphatic heterocycles. The molecule has 3 aromatic heterocycles. The second-order valence-electron chi connectivity index (χ2n) is 6.38. The number of rotatable bonds is 8. The van der Waals surface area contributed by atoms with Crippen LogP contribution in [0.4, 0.5) is 5.13 Å². The predicted molar refractivity (Wildman–Crippen MR) is 117 cm³/mol. The number of thioether (sulfide) groups is 1. The number of nitrogens with one attached hydrogen (secondary N) is 1. The molecule has 0 spiro atoms. The fourth-order valence-corrected chi connectivity index (χ4v) is 5.14. The van der Waals surface area contributed by atoms with E-state index in [9.17, 15) is 0 Å². The van der Waals surface area contributed by atoms with Crippen LogP contribution in [0.1, 0.15) is 21.7 Å². The molecule has 0 unspecified atom stereocenters. The molecule has 0 amide bonds. The zero-order chi connectivity index (χ0) is 19.3. The van der Waals surface area contributed by atoms with Gasteiger partial charge in [-0.05, 0) is 43.3 Å². The summed E-state index contributed by atoms with van der Waals surface area (Å²) >= 11 is 4.97.